The van der Waals surface area contributed by atoms with Gasteiger partial charge in [-0.1, -0.05) is 36.4 Å². The van der Waals surface area contributed by atoms with Crippen LogP contribution >= 0.6 is 22.6 Å². The van der Waals surface area contributed by atoms with Gasteiger partial charge in [-0.2, -0.15) is 15.3 Å². The molecule has 131 heavy (non-hydrogen) atoms. The van der Waals surface area contributed by atoms with Crippen molar-refractivity contribution in [3.8, 4) is 0 Å². The maximum Gasteiger partial charge on any atom is 0.343 e. The number of methoxy groups -OCH3 is 1. The summed E-state index contributed by atoms with van der Waals surface area (Å²) in [6.07, 6.45) is 7.51. The molecule has 31 nitrogen and oxygen atoms in total. The quantitative estimate of drug-likeness (QED) is 0.0161. The van der Waals surface area contributed by atoms with Crippen LogP contribution in [-0.2, 0) is 57.8 Å². The number of carbonyl (C=O) groups is 11. The molecule has 3 atom stereocenters. The first-order chi connectivity index (χ1) is 61.8. The smallest absolute Gasteiger partial charge is 0.343 e. The SMILES string of the molecule is COC(=O)c1cnn2c(C(=O)N[C@H]3CCc4c3ccc(C(=O)OC(C)(C)C)c4C)cc(C(=O)NCc3ccc(F)c(F)c3)nc12.Cc1c(C(=O)OC(C)(C)C)ccc2c1CC[C@@H]2NC(=O)c1cc(C(=O)NCc2ccc(F)c(F)c2)nc2c(C(N)=O)cnn12.Cc1c(C(=O)OC(C)(C)C)ccc2c1CC[C@@H]2NC(=O)c1cc(C(=O)NCc2ccc(F)c(F)c2)nc2c(I)cnn12. The molecule has 0 aliphatic heterocycles. The van der Waals surface area contributed by atoms with Crippen LogP contribution in [-0.4, -0.2) is 133 Å². The van der Waals surface area contributed by atoms with E-state index in [4.69, 9.17) is 24.7 Å². The molecule has 6 heterocycles. The van der Waals surface area contributed by atoms with Gasteiger partial charge in [-0.3, -0.25) is 33.6 Å². The van der Waals surface area contributed by atoms with Crippen molar-refractivity contribution in [2.24, 2.45) is 5.73 Å². The van der Waals surface area contributed by atoms with Gasteiger partial charge >= 0.3 is 23.9 Å². The summed E-state index contributed by atoms with van der Waals surface area (Å²) in [6, 6.07) is 22.9. The van der Waals surface area contributed by atoms with E-state index in [0.717, 1.165) is 102 Å². The van der Waals surface area contributed by atoms with Gasteiger partial charge in [-0.05, 0) is 266 Å². The standard InChI is InChI=1S/C32H31F2N5O6.C31H30F2N6O5.C30H28F2IN5O4/c1-16-18-9-11-24(20(18)8-7-19(16)31(43)45-32(2,3)4)38-29(41)26-13-25(37-27-21(30(42)44-5)15-36-39(26)27)28(40)35-14-17-6-10-22(33)23(34)12-17;1-15-17-8-10-23(19(17)7-6-18(15)30(43)44-31(2,3)4)38-29(42)25-12-24(37-27-20(26(34)40)14-36-39(25)27)28(41)35-13-16-5-9-21(32)22(33)11-16;1-15-17-8-10-23(19(17)7-6-18(15)29(41)42-30(2,3)4)37-28(40)25-12-24(36-26-22(33)14-35-38(25)26)27(39)34-13-16-5-9-20(31)21(32)11-16/h6-8,10,12-13,15,24H,9,11,14H2,1-5H3,(H,35,40)(H,38,41);5-7,9,11-12,14,23H,8,10,13H2,1-4H3,(H2,34,40)(H,35,41)(H,38,42);5-7,9,11-12,14,23H,8,10,13H2,1-4H3,(H,34,39)(H,37,40)/t24-;2*23-/m000/s1. The summed E-state index contributed by atoms with van der Waals surface area (Å²) >= 11 is 2.02. The Hall–Kier alpha value is -14.3. The highest BCUT2D eigenvalue weighted by atomic mass is 127. The number of amides is 7. The Balaban J connectivity index is 0.000000167. The van der Waals surface area contributed by atoms with Crippen molar-refractivity contribution >= 4 is 105 Å². The molecule has 38 heteroatoms. The third-order valence-corrected chi connectivity index (χ3v) is 22.4. The predicted octanol–water partition coefficient (Wildman–Crippen LogP) is 13.3. The summed E-state index contributed by atoms with van der Waals surface area (Å²) in [5.41, 5.74) is 13.2. The first kappa shape index (κ1) is 94.3. The Labute approximate surface area is 758 Å². The number of aromatic nitrogens is 9. The molecule has 8 N–H and O–H groups in total. The summed E-state index contributed by atoms with van der Waals surface area (Å²) in [5.74, 6) is -12.8. The van der Waals surface area contributed by atoms with E-state index in [1.54, 1.807) is 71.9 Å². The highest BCUT2D eigenvalue weighted by Crippen LogP contribution is 2.40. The van der Waals surface area contributed by atoms with Crippen molar-refractivity contribution in [2.45, 2.75) is 176 Å². The van der Waals surface area contributed by atoms with Gasteiger partial charge in [0.05, 0.1) is 64.1 Å². The first-order valence-electron chi connectivity index (χ1n) is 41.2. The maximum absolute atomic E-state index is 13.7. The lowest BCUT2D eigenvalue weighted by Gasteiger charge is -2.21. The highest BCUT2D eigenvalue weighted by molar-refractivity contribution is 14.1. The Morgan fingerprint density at radius 3 is 0.992 bits per heavy atom. The maximum atomic E-state index is 13.7. The minimum Gasteiger partial charge on any atom is -0.465 e. The second-order valence-corrected chi connectivity index (χ2v) is 35.3. The average Bonchev–Trinajstić information content (AvgIpc) is 1.65. The molecule has 0 unspecified atom stereocenters. The lowest BCUT2D eigenvalue weighted by molar-refractivity contribution is 0.00559. The van der Waals surface area contributed by atoms with Crippen molar-refractivity contribution < 1.29 is 98.0 Å². The number of esters is 4. The molecule has 3 aliphatic rings. The molecule has 0 radical (unpaired) electrons. The van der Waals surface area contributed by atoms with Crippen molar-refractivity contribution in [3.05, 3.63) is 295 Å². The molecule has 0 spiro atoms. The van der Waals surface area contributed by atoms with E-state index in [-0.39, 0.29) is 82.3 Å². The van der Waals surface area contributed by atoms with E-state index in [9.17, 15) is 79.1 Å². The molecule has 0 fully saturated rings. The van der Waals surface area contributed by atoms with Gasteiger partial charge in [-0.25, -0.2) is 74.0 Å². The number of hydrogen-bond donors (Lipinski definition) is 7. The minimum absolute atomic E-state index is 0.0293. The Morgan fingerprint density at radius 1 is 0.389 bits per heavy atom. The van der Waals surface area contributed by atoms with Crippen LogP contribution in [0, 0.1) is 59.2 Å². The van der Waals surface area contributed by atoms with Crippen LogP contribution in [0.3, 0.4) is 0 Å². The van der Waals surface area contributed by atoms with E-state index >= 15 is 0 Å². The zero-order valence-electron chi connectivity index (χ0n) is 73.1. The molecule has 0 bridgehead atoms. The van der Waals surface area contributed by atoms with Crippen molar-refractivity contribution in [2.75, 3.05) is 7.11 Å². The predicted molar refractivity (Wildman–Crippen MR) is 469 cm³/mol. The fraction of sp³-hybridized carbons (Fsp3) is 0.301. The van der Waals surface area contributed by atoms with Crippen molar-refractivity contribution in [3.63, 3.8) is 0 Å². The molecule has 12 aromatic rings. The molecular weight excluding hydrogens is 1820 g/mol. The van der Waals surface area contributed by atoms with Crippen LogP contribution in [0.5, 0.6) is 0 Å². The highest BCUT2D eigenvalue weighted by Gasteiger charge is 2.36. The van der Waals surface area contributed by atoms with Crippen LogP contribution in [0.4, 0.5) is 26.3 Å². The number of nitrogens with zero attached hydrogens (tertiary/aromatic N) is 9. The van der Waals surface area contributed by atoms with Crippen molar-refractivity contribution in [1.29, 1.82) is 0 Å². The van der Waals surface area contributed by atoms with E-state index in [1.807, 2.05) is 70.2 Å². The van der Waals surface area contributed by atoms with E-state index in [2.05, 4.69) is 62.1 Å². The van der Waals surface area contributed by atoms with Gasteiger partial charge in [0, 0.05) is 37.8 Å². The molecule has 15 rings (SSSR count). The Kier molecular flexibility index (Phi) is 27.5. The number of halogens is 7. The zero-order valence-corrected chi connectivity index (χ0v) is 75.2. The summed E-state index contributed by atoms with van der Waals surface area (Å²) in [5, 5.41) is 29.2. The molecule has 3 aliphatic carbocycles. The number of ether oxygens (including phenoxy) is 4. The lowest BCUT2D eigenvalue weighted by atomic mass is 9.97. The van der Waals surface area contributed by atoms with Crippen LogP contribution in [0.2, 0.25) is 0 Å². The van der Waals surface area contributed by atoms with Gasteiger partial charge in [0.15, 0.2) is 51.8 Å². The summed E-state index contributed by atoms with van der Waals surface area (Å²) in [7, 11) is 1.17. The van der Waals surface area contributed by atoms with Crippen LogP contribution in [0.15, 0.2) is 128 Å². The monoisotopic (exact) mass is 1910 g/mol. The number of carbonyl (C=O) groups excluding carboxylic acids is 11. The van der Waals surface area contributed by atoms with Gasteiger partial charge in [0.2, 0.25) is 0 Å². The van der Waals surface area contributed by atoms with E-state index < -0.39 is 129 Å². The van der Waals surface area contributed by atoms with Gasteiger partial charge in [0.25, 0.3) is 41.4 Å². The number of hydrogen-bond acceptors (Lipinski definition) is 21. The minimum atomic E-state index is -1.06. The summed E-state index contributed by atoms with van der Waals surface area (Å²) in [4.78, 5) is 156. The molecular formula is C93H89F6IN16O15. The number of benzene rings is 6. The number of rotatable bonds is 20. The third-order valence-electron chi connectivity index (χ3n) is 21.6. The number of nitrogens with two attached hydrogens (primary N) is 1. The lowest BCUT2D eigenvalue weighted by Crippen LogP contribution is -2.31. The van der Waals surface area contributed by atoms with Gasteiger partial charge in [0.1, 0.15) is 62.1 Å². The summed E-state index contributed by atoms with van der Waals surface area (Å²) < 4.78 is 106. The normalized spacial score (nSPS) is 14.3. The molecule has 6 aromatic carbocycles. The molecule has 7 amide bonds. The van der Waals surface area contributed by atoms with Crippen LogP contribution in [0.1, 0.15) is 281 Å². The number of nitrogens with one attached hydrogen (secondary N) is 6. The third kappa shape index (κ3) is 21.2. The van der Waals surface area contributed by atoms with Crippen LogP contribution in [0.25, 0.3) is 16.9 Å². The topological polar surface area (TPSA) is 413 Å². The largest absolute Gasteiger partial charge is 0.465 e. The van der Waals surface area contributed by atoms with E-state index in [1.165, 1.54) is 60.4 Å². The second kappa shape index (κ2) is 38.1. The van der Waals surface area contributed by atoms with Gasteiger partial charge in [-0.15, -0.1) is 0 Å². The Bertz CT molecular complexity index is 6710. The fourth-order valence-electron chi connectivity index (χ4n) is 15.3. The second-order valence-electron chi connectivity index (χ2n) is 34.2. The van der Waals surface area contributed by atoms with Gasteiger partial charge < -0.3 is 56.6 Å². The summed E-state index contributed by atoms with van der Waals surface area (Å²) in [6.45, 7) is 21.4. The molecule has 0 saturated carbocycles. The fourth-order valence-corrected chi connectivity index (χ4v) is 15.8. The molecule has 0 saturated heterocycles. The van der Waals surface area contributed by atoms with E-state index in [0.29, 0.717) is 81.1 Å². The first-order valence-corrected chi connectivity index (χ1v) is 42.3. The Morgan fingerprint density at radius 2 is 0.687 bits per heavy atom. The zero-order chi connectivity index (χ0) is 94.9. The molecule has 6 aromatic heterocycles. The van der Waals surface area contributed by atoms with Crippen LogP contribution < -0.4 is 37.6 Å². The number of primary amides is 1. The number of fused-ring (bicyclic) bond motifs is 6. The average molecular weight is 1910 g/mol. The molecule has 680 valence electrons. The van der Waals surface area contributed by atoms with Crippen molar-refractivity contribution in [1.82, 2.24) is 75.7 Å².